The van der Waals surface area contributed by atoms with Crippen molar-refractivity contribution in [1.29, 1.82) is 0 Å². The van der Waals surface area contributed by atoms with Gasteiger partial charge >= 0.3 is 0 Å². The van der Waals surface area contributed by atoms with Gasteiger partial charge in [0.2, 0.25) is 10.0 Å². The molecule has 1 aromatic rings. The molecule has 1 unspecified atom stereocenters. The molecule has 0 bridgehead atoms. The van der Waals surface area contributed by atoms with E-state index < -0.39 is 10.0 Å². The predicted molar refractivity (Wildman–Crippen MR) is 75.1 cm³/mol. The highest BCUT2D eigenvalue weighted by molar-refractivity contribution is 7.89. The Bertz CT molecular complexity index is 560. The molecule has 108 valence electrons. The van der Waals surface area contributed by atoms with Crippen LogP contribution in [0.15, 0.2) is 17.2 Å². The maximum absolute atomic E-state index is 12.3. The molecular weight excluding hydrogens is 262 g/mol. The SMILES string of the molecule is CCCn1cc(S(=O)(=O)NC2CC2(C)C)cc1CN. The average Bonchev–Trinajstić information content (AvgIpc) is 2.75. The van der Waals surface area contributed by atoms with Gasteiger partial charge in [0.15, 0.2) is 0 Å². The van der Waals surface area contributed by atoms with Gasteiger partial charge in [0, 0.05) is 31.0 Å². The molecule has 0 aromatic carbocycles. The summed E-state index contributed by atoms with van der Waals surface area (Å²) in [5.74, 6) is 0. The Morgan fingerprint density at radius 1 is 1.53 bits per heavy atom. The van der Waals surface area contributed by atoms with E-state index in [1.165, 1.54) is 0 Å². The van der Waals surface area contributed by atoms with E-state index in [-0.39, 0.29) is 11.5 Å². The molecule has 1 aliphatic carbocycles. The zero-order chi connectivity index (χ0) is 14.3. The number of aryl methyl sites for hydroxylation is 1. The summed E-state index contributed by atoms with van der Waals surface area (Å²) in [6.45, 7) is 7.32. The fourth-order valence-electron chi connectivity index (χ4n) is 2.22. The number of nitrogens with two attached hydrogens (primary N) is 1. The molecule has 0 spiro atoms. The molecule has 1 atom stereocenters. The van der Waals surface area contributed by atoms with E-state index in [1.54, 1.807) is 12.3 Å². The van der Waals surface area contributed by atoms with Crippen LogP contribution in [0.1, 0.15) is 39.3 Å². The lowest BCUT2D eigenvalue weighted by Crippen LogP contribution is -2.28. The lowest BCUT2D eigenvalue weighted by atomic mass is 10.2. The van der Waals surface area contributed by atoms with Gasteiger partial charge in [-0.05, 0) is 24.3 Å². The van der Waals surface area contributed by atoms with Crippen LogP contribution in [0.2, 0.25) is 0 Å². The molecule has 0 radical (unpaired) electrons. The minimum Gasteiger partial charge on any atom is -0.349 e. The third-order valence-electron chi connectivity index (χ3n) is 3.76. The number of hydrogen-bond donors (Lipinski definition) is 2. The Morgan fingerprint density at radius 3 is 2.63 bits per heavy atom. The van der Waals surface area contributed by atoms with Gasteiger partial charge in [-0.2, -0.15) is 0 Å². The van der Waals surface area contributed by atoms with Crippen LogP contribution >= 0.6 is 0 Å². The van der Waals surface area contributed by atoms with Gasteiger partial charge in [0.05, 0.1) is 4.90 Å². The Kier molecular flexibility index (Phi) is 3.77. The first-order valence-corrected chi connectivity index (χ1v) is 8.20. The van der Waals surface area contributed by atoms with Crippen LogP contribution in [0, 0.1) is 5.41 Å². The first-order chi connectivity index (χ1) is 8.80. The molecular formula is C13H23N3O2S. The van der Waals surface area contributed by atoms with Crippen molar-refractivity contribution in [2.24, 2.45) is 11.1 Å². The molecule has 1 fully saturated rings. The molecule has 5 nitrogen and oxygen atoms in total. The van der Waals surface area contributed by atoms with Crippen LogP contribution in [-0.4, -0.2) is 19.0 Å². The monoisotopic (exact) mass is 285 g/mol. The van der Waals surface area contributed by atoms with E-state index in [9.17, 15) is 8.42 Å². The zero-order valence-corrected chi connectivity index (χ0v) is 12.6. The fourth-order valence-corrected chi connectivity index (χ4v) is 3.69. The minimum absolute atomic E-state index is 0.0494. The van der Waals surface area contributed by atoms with Gasteiger partial charge in [0.25, 0.3) is 0 Å². The second-order valence-corrected chi connectivity index (χ2v) is 7.65. The molecule has 1 saturated carbocycles. The number of nitrogens with one attached hydrogen (secondary N) is 1. The summed E-state index contributed by atoms with van der Waals surface area (Å²) in [6.07, 6.45) is 3.53. The molecule has 2 rings (SSSR count). The molecule has 1 heterocycles. The molecule has 3 N–H and O–H groups in total. The van der Waals surface area contributed by atoms with E-state index in [0.29, 0.717) is 11.4 Å². The summed E-state index contributed by atoms with van der Waals surface area (Å²) >= 11 is 0. The molecule has 1 aromatic heterocycles. The number of hydrogen-bond acceptors (Lipinski definition) is 3. The number of aromatic nitrogens is 1. The highest BCUT2D eigenvalue weighted by Gasteiger charge is 2.48. The van der Waals surface area contributed by atoms with Crippen molar-refractivity contribution in [1.82, 2.24) is 9.29 Å². The third-order valence-corrected chi connectivity index (χ3v) is 5.19. The molecule has 6 heteroatoms. The Labute approximate surface area is 115 Å². The van der Waals surface area contributed by atoms with Gasteiger partial charge in [-0.3, -0.25) is 0 Å². The zero-order valence-electron chi connectivity index (χ0n) is 11.8. The summed E-state index contributed by atoms with van der Waals surface area (Å²) in [7, 11) is -3.42. The average molecular weight is 285 g/mol. The number of rotatable bonds is 6. The summed E-state index contributed by atoms with van der Waals surface area (Å²) < 4.78 is 29.3. The van der Waals surface area contributed by atoms with Crippen molar-refractivity contribution >= 4 is 10.0 Å². The first-order valence-electron chi connectivity index (χ1n) is 6.71. The molecule has 0 amide bonds. The normalized spacial score (nSPS) is 21.6. The van der Waals surface area contributed by atoms with Crippen molar-refractivity contribution in [3.05, 3.63) is 18.0 Å². The molecule has 19 heavy (non-hydrogen) atoms. The van der Waals surface area contributed by atoms with E-state index in [4.69, 9.17) is 5.73 Å². The van der Waals surface area contributed by atoms with Crippen molar-refractivity contribution < 1.29 is 8.42 Å². The largest absolute Gasteiger partial charge is 0.349 e. The molecule has 0 aliphatic heterocycles. The fraction of sp³-hybridized carbons (Fsp3) is 0.692. The van der Waals surface area contributed by atoms with Crippen molar-refractivity contribution in [3.8, 4) is 0 Å². The van der Waals surface area contributed by atoms with E-state index in [1.807, 2.05) is 4.57 Å². The van der Waals surface area contributed by atoms with Crippen LogP contribution in [0.3, 0.4) is 0 Å². The van der Waals surface area contributed by atoms with Crippen molar-refractivity contribution in [3.63, 3.8) is 0 Å². The van der Waals surface area contributed by atoms with Crippen LogP contribution in [0.5, 0.6) is 0 Å². The summed E-state index contributed by atoms with van der Waals surface area (Å²) in [4.78, 5) is 0.323. The maximum Gasteiger partial charge on any atom is 0.242 e. The Morgan fingerprint density at radius 2 is 2.16 bits per heavy atom. The van der Waals surface area contributed by atoms with Crippen LogP contribution < -0.4 is 10.5 Å². The standard InChI is InChI=1S/C13H23N3O2S/c1-4-5-16-9-11(6-10(16)8-14)19(17,18)15-12-7-13(12,2)3/h6,9,12,15H,4-5,7-8,14H2,1-3H3. The summed E-state index contributed by atoms with van der Waals surface area (Å²) in [5, 5.41) is 0. The van der Waals surface area contributed by atoms with Gasteiger partial charge in [-0.15, -0.1) is 0 Å². The number of sulfonamides is 1. The topological polar surface area (TPSA) is 77.1 Å². The first kappa shape index (κ1) is 14.6. The second-order valence-electron chi connectivity index (χ2n) is 5.93. The number of nitrogens with zero attached hydrogens (tertiary/aromatic N) is 1. The summed E-state index contributed by atoms with van der Waals surface area (Å²) in [5.41, 5.74) is 6.60. The van der Waals surface area contributed by atoms with Crippen LogP contribution in [0.25, 0.3) is 0 Å². The lowest BCUT2D eigenvalue weighted by Gasteiger charge is -2.06. The van der Waals surface area contributed by atoms with Gasteiger partial charge in [-0.25, -0.2) is 13.1 Å². The Balaban J connectivity index is 2.21. The maximum atomic E-state index is 12.3. The Hall–Kier alpha value is -0.850. The highest BCUT2D eigenvalue weighted by Crippen LogP contribution is 2.45. The second kappa shape index (κ2) is 4.92. The van der Waals surface area contributed by atoms with Crippen molar-refractivity contribution in [2.75, 3.05) is 0 Å². The smallest absolute Gasteiger partial charge is 0.242 e. The van der Waals surface area contributed by atoms with Crippen molar-refractivity contribution in [2.45, 2.75) is 57.6 Å². The van der Waals surface area contributed by atoms with E-state index >= 15 is 0 Å². The van der Waals surface area contributed by atoms with Gasteiger partial charge < -0.3 is 10.3 Å². The third kappa shape index (κ3) is 3.01. The highest BCUT2D eigenvalue weighted by atomic mass is 32.2. The van der Waals surface area contributed by atoms with Gasteiger partial charge in [-0.1, -0.05) is 20.8 Å². The molecule has 0 saturated heterocycles. The van der Waals surface area contributed by atoms with Crippen LogP contribution in [-0.2, 0) is 23.1 Å². The quantitative estimate of drug-likeness (QED) is 0.830. The van der Waals surface area contributed by atoms with E-state index in [0.717, 1.165) is 25.1 Å². The van der Waals surface area contributed by atoms with E-state index in [2.05, 4.69) is 25.5 Å². The predicted octanol–water partition coefficient (Wildman–Crippen LogP) is 1.43. The van der Waals surface area contributed by atoms with Crippen LogP contribution in [0.4, 0.5) is 0 Å². The lowest BCUT2D eigenvalue weighted by molar-refractivity contribution is 0.554. The molecule has 1 aliphatic rings. The van der Waals surface area contributed by atoms with Gasteiger partial charge in [0.1, 0.15) is 0 Å². The summed E-state index contributed by atoms with van der Waals surface area (Å²) in [6, 6.07) is 1.72. The minimum atomic E-state index is -3.42.